The lowest BCUT2D eigenvalue weighted by atomic mass is 9.87. The Bertz CT molecular complexity index is 1230. The first-order chi connectivity index (χ1) is 15.5. The maximum Gasteiger partial charge on any atom is 0.268 e. The maximum absolute atomic E-state index is 13.1. The van der Waals surface area contributed by atoms with E-state index < -0.39 is 15.9 Å². The van der Waals surface area contributed by atoms with Crippen molar-refractivity contribution < 1.29 is 22.7 Å². The molecule has 0 fully saturated rings. The minimum Gasteiger partial charge on any atom is -0.495 e. The fraction of sp³-hybridized carbons (Fsp3) is 0.333. The molecular weight excluding hydrogens is 442 g/mol. The van der Waals surface area contributed by atoms with Crippen molar-refractivity contribution >= 4 is 15.9 Å². The lowest BCUT2D eigenvalue weighted by Gasteiger charge is -2.21. The quantitative estimate of drug-likeness (QED) is 0.540. The summed E-state index contributed by atoms with van der Waals surface area (Å²) in [5.74, 6) is -0.570. The summed E-state index contributed by atoms with van der Waals surface area (Å²) in [6.07, 6.45) is 3.52. The lowest BCUT2D eigenvalue weighted by Crippen LogP contribution is -2.31. The van der Waals surface area contributed by atoms with Crippen molar-refractivity contribution in [2.45, 2.75) is 44.2 Å². The van der Waals surface area contributed by atoms with E-state index in [2.05, 4.69) is 9.82 Å². The van der Waals surface area contributed by atoms with Gasteiger partial charge in [-0.2, -0.15) is 5.10 Å². The predicted octanol–water partition coefficient (Wildman–Crippen LogP) is 3.50. The van der Waals surface area contributed by atoms with E-state index in [4.69, 9.17) is 9.47 Å². The average Bonchev–Trinajstić information content (AvgIpc) is 3.26. The van der Waals surface area contributed by atoms with Gasteiger partial charge in [-0.15, -0.1) is 0 Å². The maximum atomic E-state index is 13.1. The summed E-state index contributed by atoms with van der Waals surface area (Å²) in [4.78, 5) is 12.8. The number of sulfonamides is 1. The average molecular weight is 472 g/mol. The van der Waals surface area contributed by atoms with Gasteiger partial charge in [0.05, 0.1) is 20.3 Å². The molecule has 33 heavy (non-hydrogen) atoms. The fourth-order valence-corrected chi connectivity index (χ4v) is 4.54. The SMILES string of the molecule is COCc1cc(C(=O)NS(=O)(=O)c2cc(C(C)(C)C)ccc2OC)ccc1Cn1cccn1. The second-order valence-corrected chi connectivity index (χ2v) is 10.3. The molecule has 1 amide bonds. The molecule has 0 bridgehead atoms. The van der Waals surface area contributed by atoms with Crippen LogP contribution in [0.25, 0.3) is 0 Å². The number of hydrogen-bond acceptors (Lipinski definition) is 6. The van der Waals surface area contributed by atoms with E-state index in [1.165, 1.54) is 13.2 Å². The van der Waals surface area contributed by atoms with E-state index in [0.717, 1.165) is 16.7 Å². The van der Waals surface area contributed by atoms with Crippen molar-refractivity contribution in [1.82, 2.24) is 14.5 Å². The molecule has 0 unspecified atom stereocenters. The Kier molecular flexibility index (Phi) is 7.24. The molecule has 3 rings (SSSR count). The van der Waals surface area contributed by atoms with Crippen LogP contribution in [0, 0.1) is 0 Å². The third-order valence-corrected chi connectivity index (χ3v) is 6.56. The summed E-state index contributed by atoms with van der Waals surface area (Å²) in [6, 6.07) is 11.8. The molecule has 0 aliphatic carbocycles. The van der Waals surface area contributed by atoms with Crippen LogP contribution in [-0.2, 0) is 33.3 Å². The number of nitrogens with one attached hydrogen (secondary N) is 1. The number of carbonyl (C=O) groups excluding carboxylic acids is 1. The molecular formula is C24H29N3O5S. The number of rotatable bonds is 8. The molecule has 0 aliphatic rings. The van der Waals surface area contributed by atoms with Crippen LogP contribution in [0.2, 0.25) is 0 Å². The van der Waals surface area contributed by atoms with Crippen LogP contribution in [0.15, 0.2) is 59.8 Å². The minimum absolute atomic E-state index is 0.0850. The zero-order valence-electron chi connectivity index (χ0n) is 19.5. The molecule has 0 atom stereocenters. The standard InChI is InChI=1S/C24H29N3O5S/c1-24(2,3)20-9-10-21(32-5)22(14-20)33(29,30)26-23(28)17-7-8-18(19(13-17)16-31-4)15-27-12-6-11-25-27/h6-14H,15-16H2,1-5H3,(H,26,28). The number of hydrogen-bond donors (Lipinski definition) is 1. The van der Waals surface area contributed by atoms with Crippen molar-refractivity contribution in [3.05, 3.63) is 77.1 Å². The van der Waals surface area contributed by atoms with Crippen LogP contribution in [-0.4, -0.2) is 38.3 Å². The molecule has 1 N–H and O–H groups in total. The predicted molar refractivity (Wildman–Crippen MR) is 125 cm³/mol. The number of methoxy groups -OCH3 is 2. The van der Waals surface area contributed by atoms with Crippen LogP contribution in [0.1, 0.15) is 47.8 Å². The van der Waals surface area contributed by atoms with Gasteiger partial charge >= 0.3 is 0 Å². The Balaban J connectivity index is 1.91. The van der Waals surface area contributed by atoms with Crippen molar-refractivity contribution in [3.8, 4) is 5.75 Å². The van der Waals surface area contributed by atoms with Crippen LogP contribution in [0.5, 0.6) is 5.75 Å². The monoisotopic (exact) mass is 471 g/mol. The van der Waals surface area contributed by atoms with Crippen LogP contribution in [0.3, 0.4) is 0 Å². The highest BCUT2D eigenvalue weighted by Crippen LogP contribution is 2.31. The topological polar surface area (TPSA) is 99.5 Å². The molecule has 8 nitrogen and oxygen atoms in total. The molecule has 1 aromatic heterocycles. The van der Waals surface area contributed by atoms with Gasteiger partial charge < -0.3 is 9.47 Å². The van der Waals surface area contributed by atoms with Gasteiger partial charge in [-0.05, 0) is 52.4 Å². The van der Waals surface area contributed by atoms with Gasteiger partial charge in [0.25, 0.3) is 15.9 Å². The second-order valence-electron chi connectivity index (χ2n) is 8.67. The van der Waals surface area contributed by atoms with Crippen molar-refractivity contribution in [2.75, 3.05) is 14.2 Å². The van der Waals surface area contributed by atoms with Crippen molar-refractivity contribution in [1.29, 1.82) is 0 Å². The Morgan fingerprint density at radius 1 is 1.09 bits per heavy atom. The van der Waals surface area contributed by atoms with Gasteiger partial charge in [-0.1, -0.05) is 32.9 Å². The Hall–Kier alpha value is -3.17. The Labute approximate surface area is 194 Å². The highest BCUT2D eigenvalue weighted by Gasteiger charge is 2.26. The van der Waals surface area contributed by atoms with Crippen molar-refractivity contribution in [3.63, 3.8) is 0 Å². The van der Waals surface area contributed by atoms with Gasteiger partial charge in [-0.25, -0.2) is 13.1 Å². The second kappa shape index (κ2) is 9.76. The van der Waals surface area contributed by atoms with E-state index in [1.807, 2.05) is 39.1 Å². The summed E-state index contributed by atoms with van der Waals surface area (Å²) >= 11 is 0. The van der Waals surface area contributed by atoms with E-state index in [1.54, 1.807) is 42.3 Å². The minimum atomic E-state index is -4.18. The third kappa shape index (κ3) is 5.80. The largest absolute Gasteiger partial charge is 0.495 e. The zero-order chi connectivity index (χ0) is 24.2. The van der Waals surface area contributed by atoms with Crippen LogP contribution >= 0.6 is 0 Å². The molecule has 0 saturated carbocycles. The van der Waals surface area contributed by atoms with Gasteiger partial charge in [-0.3, -0.25) is 9.48 Å². The molecule has 0 radical (unpaired) electrons. The normalized spacial score (nSPS) is 11.9. The van der Waals surface area contributed by atoms with Crippen LogP contribution in [0.4, 0.5) is 0 Å². The third-order valence-electron chi connectivity index (χ3n) is 5.21. The number of amides is 1. The smallest absolute Gasteiger partial charge is 0.268 e. The fourth-order valence-electron chi connectivity index (χ4n) is 3.37. The van der Waals surface area contributed by atoms with Gasteiger partial charge in [0.2, 0.25) is 0 Å². The van der Waals surface area contributed by atoms with Gasteiger partial charge in [0, 0.05) is 25.1 Å². The Morgan fingerprint density at radius 2 is 1.85 bits per heavy atom. The van der Waals surface area contributed by atoms with Gasteiger partial charge in [0.1, 0.15) is 10.6 Å². The summed E-state index contributed by atoms with van der Waals surface area (Å²) < 4.78 is 40.7. The Morgan fingerprint density at radius 3 is 2.45 bits per heavy atom. The summed E-state index contributed by atoms with van der Waals surface area (Å²) in [5, 5.41) is 4.20. The first-order valence-corrected chi connectivity index (χ1v) is 11.9. The molecule has 2 aromatic carbocycles. The molecule has 1 heterocycles. The molecule has 9 heteroatoms. The van der Waals surface area contributed by atoms with E-state index in [9.17, 15) is 13.2 Å². The lowest BCUT2D eigenvalue weighted by molar-refractivity contribution is 0.0981. The highest BCUT2D eigenvalue weighted by atomic mass is 32.2. The number of benzene rings is 2. The van der Waals surface area contributed by atoms with E-state index >= 15 is 0 Å². The number of aromatic nitrogens is 2. The molecule has 0 aliphatic heterocycles. The van der Waals surface area contributed by atoms with E-state index in [0.29, 0.717) is 6.54 Å². The zero-order valence-corrected chi connectivity index (χ0v) is 20.3. The van der Waals surface area contributed by atoms with Crippen molar-refractivity contribution in [2.24, 2.45) is 0 Å². The summed E-state index contributed by atoms with van der Waals surface area (Å²) in [6.45, 7) is 6.71. The molecule has 0 saturated heterocycles. The van der Waals surface area contributed by atoms with E-state index in [-0.39, 0.29) is 28.2 Å². The molecule has 3 aromatic rings. The summed E-state index contributed by atoms with van der Waals surface area (Å²) in [5.41, 5.74) is 2.42. The summed E-state index contributed by atoms with van der Waals surface area (Å²) in [7, 11) is -1.23. The number of carbonyl (C=O) groups is 1. The van der Waals surface area contributed by atoms with Crippen LogP contribution < -0.4 is 9.46 Å². The van der Waals surface area contributed by atoms with Gasteiger partial charge in [0.15, 0.2) is 0 Å². The first-order valence-electron chi connectivity index (χ1n) is 10.4. The number of nitrogens with zero attached hydrogens (tertiary/aromatic N) is 2. The first kappa shape index (κ1) is 24.5. The molecule has 176 valence electrons. The molecule has 0 spiro atoms. The highest BCUT2D eigenvalue weighted by molar-refractivity contribution is 7.90. The number of ether oxygens (including phenoxy) is 2.